The molecule has 0 saturated carbocycles. The second kappa shape index (κ2) is 8.89. The maximum atomic E-state index is 13.9. The average Bonchev–Trinajstić information content (AvgIpc) is 3.30. The predicted octanol–water partition coefficient (Wildman–Crippen LogP) is 3.51. The number of ether oxygens (including phenoxy) is 1. The van der Waals surface area contributed by atoms with Crippen LogP contribution in [0.15, 0.2) is 85.1 Å². The fourth-order valence-electron chi connectivity index (χ4n) is 4.78. The van der Waals surface area contributed by atoms with E-state index in [1.807, 2.05) is 60.8 Å². The first-order chi connectivity index (χ1) is 15.7. The lowest BCUT2D eigenvalue weighted by Gasteiger charge is -2.37. The van der Waals surface area contributed by atoms with Gasteiger partial charge in [0, 0.05) is 33.9 Å². The molecule has 5 nitrogen and oxygen atoms in total. The number of rotatable bonds is 6. The molecule has 5 rings (SSSR count). The van der Waals surface area contributed by atoms with Gasteiger partial charge in [0.05, 0.1) is 33.3 Å². The molecular formula is C27H28N3O2+. The van der Waals surface area contributed by atoms with Gasteiger partial charge in [-0.2, -0.15) is 0 Å². The summed E-state index contributed by atoms with van der Waals surface area (Å²) >= 11 is 0. The number of nitrogens with zero attached hydrogens (tertiary/aromatic N) is 1. The van der Waals surface area contributed by atoms with Gasteiger partial charge in [-0.15, -0.1) is 0 Å². The molecule has 2 N–H and O–H groups in total. The Bertz CT molecular complexity index is 1190. The van der Waals surface area contributed by atoms with E-state index in [1.54, 1.807) is 7.11 Å². The molecule has 0 bridgehead atoms. The third kappa shape index (κ3) is 3.87. The molecule has 0 radical (unpaired) electrons. The lowest BCUT2D eigenvalue weighted by Crippen LogP contribution is -3.15. The lowest BCUT2D eigenvalue weighted by atomic mass is 9.95. The molecule has 0 amide bonds. The van der Waals surface area contributed by atoms with Gasteiger partial charge in [0.15, 0.2) is 6.04 Å². The summed E-state index contributed by atoms with van der Waals surface area (Å²) in [5, 5.41) is 0.995. The van der Waals surface area contributed by atoms with Crippen molar-refractivity contribution in [2.24, 2.45) is 0 Å². The molecule has 1 atom stereocenters. The van der Waals surface area contributed by atoms with Crippen molar-refractivity contribution in [3.63, 3.8) is 0 Å². The SMILES string of the molecule is COc1ccc(N2CC[NH+]([C@@H](C(=O)c3c[nH]c4ccccc34)c3ccccc3)CC2)cc1. The van der Waals surface area contributed by atoms with E-state index >= 15 is 0 Å². The molecule has 1 fully saturated rings. The summed E-state index contributed by atoms with van der Waals surface area (Å²) in [5.74, 6) is 1.05. The van der Waals surface area contributed by atoms with Gasteiger partial charge in [-0.3, -0.25) is 4.79 Å². The van der Waals surface area contributed by atoms with Crippen LogP contribution in [0.25, 0.3) is 10.9 Å². The number of Topliss-reactive ketones (excluding diaryl/α,β-unsaturated/α-hetero) is 1. The van der Waals surface area contributed by atoms with Crippen molar-refractivity contribution in [2.75, 3.05) is 38.2 Å². The smallest absolute Gasteiger partial charge is 0.226 e. The summed E-state index contributed by atoms with van der Waals surface area (Å²) < 4.78 is 5.28. The predicted molar refractivity (Wildman–Crippen MR) is 128 cm³/mol. The largest absolute Gasteiger partial charge is 0.497 e. The number of carbonyl (C=O) groups excluding carboxylic acids is 1. The highest BCUT2D eigenvalue weighted by molar-refractivity contribution is 6.10. The maximum Gasteiger partial charge on any atom is 0.226 e. The van der Waals surface area contributed by atoms with E-state index in [9.17, 15) is 4.79 Å². The van der Waals surface area contributed by atoms with Crippen molar-refractivity contribution in [3.05, 3.63) is 96.2 Å². The number of aromatic nitrogens is 1. The van der Waals surface area contributed by atoms with Crippen molar-refractivity contribution in [2.45, 2.75) is 6.04 Å². The molecule has 32 heavy (non-hydrogen) atoms. The van der Waals surface area contributed by atoms with Crippen molar-refractivity contribution in [1.29, 1.82) is 0 Å². The standard InChI is InChI=1S/C27H27N3O2/c1-32-22-13-11-21(12-14-22)29-15-17-30(18-16-29)26(20-7-3-2-4-8-20)27(31)24-19-28-25-10-6-5-9-23(24)25/h2-14,19,26,28H,15-18H2,1H3/p+1/t26-/m1/s1. The molecule has 4 aromatic rings. The van der Waals surface area contributed by atoms with Crippen LogP contribution >= 0.6 is 0 Å². The third-order valence-electron chi connectivity index (χ3n) is 6.50. The zero-order chi connectivity index (χ0) is 21.9. The van der Waals surface area contributed by atoms with Gasteiger partial charge in [0.2, 0.25) is 5.78 Å². The Morgan fingerprint density at radius 1 is 0.938 bits per heavy atom. The van der Waals surface area contributed by atoms with Crippen LogP contribution in [-0.2, 0) is 0 Å². The van der Waals surface area contributed by atoms with Gasteiger partial charge in [-0.05, 0) is 30.3 Å². The van der Waals surface area contributed by atoms with Crippen LogP contribution in [0.4, 0.5) is 5.69 Å². The number of nitrogens with one attached hydrogen (secondary N) is 2. The van der Waals surface area contributed by atoms with Gasteiger partial charge in [-0.1, -0.05) is 48.5 Å². The highest BCUT2D eigenvalue weighted by Gasteiger charge is 2.35. The Balaban J connectivity index is 1.40. The van der Waals surface area contributed by atoms with Gasteiger partial charge < -0.3 is 19.5 Å². The van der Waals surface area contributed by atoms with Crippen molar-refractivity contribution in [3.8, 4) is 5.75 Å². The van der Waals surface area contributed by atoms with Gasteiger partial charge in [0.1, 0.15) is 5.75 Å². The van der Waals surface area contributed by atoms with E-state index in [4.69, 9.17) is 4.74 Å². The van der Waals surface area contributed by atoms with E-state index in [1.165, 1.54) is 10.6 Å². The first-order valence-corrected chi connectivity index (χ1v) is 11.1. The molecule has 3 aromatic carbocycles. The second-order valence-electron chi connectivity index (χ2n) is 8.30. The maximum absolute atomic E-state index is 13.9. The molecular weight excluding hydrogens is 398 g/mol. The Hall–Kier alpha value is -3.57. The molecule has 1 aliphatic rings. The monoisotopic (exact) mass is 426 g/mol. The summed E-state index contributed by atoms with van der Waals surface area (Å²) in [7, 11) is 1.69. The number of piperazine rings is 1. The van der Waals surface area contributed by atoms with Crippen molar-refractivity contribution >= 4 is 22.4 Å². The van der Waals surface area contributed by atoms with Crippen LogP contribution in [-0.4, -0.2) is 44.1 Å². The zero-order valence-electron chi connectivity index (χ0n) is 18.3. The number of benzene rings is 3. The normalized spacial score (nSPS) is 15.6. The summed E-state index contributed by atoms with van der Waals surface area (Å²) in [6.45, 7) is 3.62. The molecule has 0 aliphatic carbocycles. The molecule has 5 heteroatoms. The number of para-hydroxylation sites is 1. The number of H-pyrrole nitrogens is 1. The lowest BCUT2D eigenvalue weighted by molar-refractivity contribution is -0.921. The summed E-state index contributed by atoms with van der Waals surface area (Å²) in [6, 6.07) is 26.3. The Morgan fingerprint density at radius 2 is 1.62 bits per heavy atom. The Kier molecular flexibility index (Phi) is 5.65. The number of ketones is 1. The fraction of sp³-hybridized carbons (Fsp3) is 0.222. The van der Waals surface area contributed by atoms with Crippen LogP contribution in [0, 0.1) is 0 Å². The van der Waals surface area contributed by atoms with Crippen LogP contribution in [0.3, 0.4) is 0 Å². The molecule has 1 saturated heterocycles. The third-order valence-corrected chi connectivity index (χ3v) is 6.50. The second-order valence-corrected chi connectivity index (χ2v) is 8.30. The van der Waals surface area contributed by atoms with Gasteiger partial charge >= 0.3 is 0 Å². The minimum absolute atomic E-state index is 0.182. The molecule has 1 aromatic heterocycles. The summed E-state index contributed by atoms with van der Waals surface area (Å²) in [6.07, 6.45) is 1.87. The van der Waals surface area contributed by atoms with E-state index in [-0.39, 0.29) is 11.8 Å². The van der Waals surface area contributed by atoms with E-state index in [2.05, 4.69) is 34.1 Å². The van der Waals surface area contributed by atoms with Crippen LogP contribution in [0.1, 0.15) is 22.0 Å². The molecule has 0 unspecified atom stereocenters. The number of methoxy groups -OCH3 is 1. The van der Waals surface area contributed by atoms with Crippen LogP contribution in [0.5, 0.6) is 5.75 Å². The topological polar surface area (TPSA) is 49.8 Å². The first-order valence-electron chi connectivity index (χ1n) is 11.1. The molecule has 162 valence electrons. The number of anilines is 1. The zero-order valence-corrected chi connectivity index (χ0v) is 18.3. The highest BCUT2D eigenvalue weighted by Crippen LogP contribution is 2.24. The van der Waals surface area contributed by atoms with Crippen LogP contribution in [0.2, 0.25) is 0 Å². The Morgan fingerprint density at radius 3 is 2.34 bits per heavy atom. The molecule has 0 spiro atoms. The van der Waals surface area contributed by atoms with Crippen LogP contribution < -0.4 is 14.5 Å². The van der Waals surface area contributed by atoms with E-state index in [0.717, 1.165) is 54.0 Å². The fourth-order valence-corrected chi connectivity index (χ4v) is 4.78. The number of quaternary nitrogens is 1. The molecule has 1 aliphatic heterocycles. The van der Waals surface area contributed by atoms with Gasteiger partial charge in [0.25, 0.3) is 0 Å². The van der Waals surface area contributed by atoms with Crippen molar-refractivity contribution in [1.82, 2.24) is 4.98 Å². The average molecular weight is 427 g/mol. The number of fused-ring (bicyclic) bond motifs is 1. The summed E-state index contributed by atoms with van der Waals surface area (Å²) in [5.41, 5.74) is 4.06. The number of carbonyl (C=O) groups is 1. The minimum atomic E-state index is -0.214. The Labute approximate surface area is 188 Å². The van der Waals surface area contributed by atoms with Gasteiger partial charge in [-0.25, -0.2) is 0 Å². The number of hydrogen-bond acceptors (Lipinski definition) is 3. The summed E-state index contributed by atoms with van der Waals surface area (Å²) in [4.78, 5) is 20.8. The number of hydrogen-bond donors (Lipinski definition) is 2. The number of aromatic amines is 1. The van der Waals surface area contributed by atoms with Crippen molar-refractivity contribution < 1.29 is 14.4 Å². The van der Waals surface area contributed by atoms with E-state index in [0.29, 0.717) is 0 Å². The molecule has 2 heterocycles. The first kappa shape index (κ1) is 20.3. The highest BCUT2D eigenvalue weighted by atomic mass is 16.5. The quantitative estimate of drug-likeness (QED) is 0.464. The van der Waals surface area contributed by atoms with E-state index < -0.39 is 0 Å². The minimum Gasteiger partial charge on any atom is -0.497 e.